The van der Waals surface area contributed by atoms with Crippen molar-refractivity contribution in [1.29, 1.82) is 0 Å². The maximum absolute atomic E-state index is 12.9. The summed E-state index contributed by atoms with van der Waals surface area (Å²) in [4.78, 5) is 14.1. The van der Waals surface area contributed by atoms with Gasteiger partial charge in [0.15, 0.2) is 0 Å². The quantitative estimate of drug-likeness (QED) is 0.874. The number of aryl methyl sites for hydroxylation is 2. The van der Waals surface area contributed by atoms with Crippen LogP contribution in [0.1, 0.15) is 36.8 Å². The summed E-state index contributed by atoms with van der Waals surface area (Å²) >= 11 is 0. The van der Waals surface area contributed by atoms with Crippen LogP contribution in [0.4, 0.5) is 0 Å². The van der Waals surface area contributed by atoms with Crippen LogP contribution < -0.4 is 5.73 Å². The van der Waals surface area contributed by atoms with Gasteiger partial charge in [0.2, 0.25) is 15.9 Å². The Morgan fingerprint density at radius 2 is 1.76 bits per heavy atom. The van der Waals surface area contributed by atoms with Crippen LogP contribution in [0, 0.1) is 13.8 Å². The second kappa shape index (κ2) is 7.05. The van der Waals surface area contributed by atoms with Crippen molar-refractivity contribution in [2.45, 2.75) is 56.5 Å². The van der Waals surface area contributed by atoms with Crippen LogP contribution in [0.3, 0.4) is 0 Å². The van der Waals surface area contributed by atoms with E-state index >= 15 is 0 Å². The highest BCUT2D eigenvalue weighted by Crippen LogP contribution is 2.28. The number of nitrogens with two attached hydrogens (primary N) is 1. The van der Waals surface area contributed by atoms with E-state index in [4.69, 9.17) is 5.73 Å². The molecule has 1 atom stereocenters. The van der Waals surface area contributed by atoms with Crippen LogP contribution in [0.5, 0.6) is 0 Å². The molecule has 7 heteroatoms. The van der Waals surface area contributed by atoms with E-state index in [9.17, 15) is 13.2 Å². The minimum absolute atomic E-state index is 0.187. The molecule has 1 aromatic rings. The lowest BCUT2D eigenvalue weighted by molar-refractivity contribution is -0.123. The first kappa shape index (κ1) is 18.4. The Balaban J connectivity index is 1.69. The summed E-state index contributed by atoms with van der Waals surface area (Å²) in [5.41, 5.74) is 7.58. The molecule has 2 aliphatic rings. The monoisotopic (exact) mass is 365 g/mol. The molecule has 2 saturated heterocycles. The molecule has 0 radical (unpaired) electrons. The van der Waals surface area contributed by atoms with Crippen molar-refractivity contribution in [2.24, 2.45) is 5.73 Å². The fourth-order valence-electron chi connectivity index (χ4n) is 3.97. The van der Waals surface area contributed by atoms with Crippen molar-refractivity contribution in [3.63, 3.8) is 0 Å². The van der Waals surface area contributed by atoms with Crippen molar-refractivity contribution in [3.8, 4) is 0 Å². The van der Waals surface area contributed by atoms with Crippen LogP contribution in [0.25, 0.3) is 0 Å². The van der Waals surface area contributed by atoms with E-state index < -0.39 is 10.0 Å². The van der Waals surface area contributed by atoms with Gasteiger partial charge in [0, 0.05) is 19.1 Å². The molecule has 6 nitrogen and oxygen atoms in total. The molecule has 0 bridgehead atoms. The van der Waals surface area contributed by atoms with E-state index in [1.54, 1.807) is 16.4 Å². The van der Waals surface area contributed by atoms with E-state index in [0.29, 0.717) is 18.0 Å². The maximum Gasteiger partial charge on any atom is 0.243 e. The molecule has 1 aromatic carbocycles. The SMILES string of the molecule is Cc1ccc(S(=O)(=O)N2CCC(N3CCCC3C(N)=O)CC2)cc1C. The first-order valence-electron chi connectivity index (χ1n) is 8.93. The lowest BCUT2D eigenvalue weighted by atomic mass is 10.0. The number of benzene rings is 1. The first-order valence-corrected chi connectivity index (χ1v) is 10.4. The zero-order chi connectivity index (χ0) is 18.2. The maximum atomic E-state index is 12.9. The third kappa shape index (κ3) is 3.59. The average molecular weight is 365 g/mol. The fourth-order valence-corrected chi connectivity index (χ4v) is 5.52. The van der Waals surface area contributed by atoms with Crippen LogP contribution >= 0.6 is 0 Å². The van der Waals surface area contributed by atoms with Gasteiger partial charge in [-0.15, -0.1) is 0 Å². The average Bonchev–Trinajstić information content (AvgIpc) is 3.07. The molecule has 2 aliphatic heterocycles. The Labute approximate surface area is 150 Å². The van der Waals surface area contributed by atoms with Crippen molar-refractivity contribution >= 4 is 15.9 Å². The number of carbonyl (C=O) groups excluding carboxylic acids is 1. The lowest BCUT2D eigenvalue weighted by Crippen LogP contribution is -2.51. The number of nitrogens with zero attached hydrogens (tertiary/aromatic N) is 2. The van der Waals surface area contributed by atoms with Gasteiger partial charge >= 0.3 is 0 Å². The highest BCUT2D eigenvalue weighted by atomic mass is 32.2. The van der Waals surface area contributed by atoms with Crippen LogP contribution in [-0.2, 0) is 14.8 Å². The molecule has 3 rings (SSSR count). The molecular formula is C18H27N3O3S. The molecule has 138 valence electrons. The minimum atomic E-state index is -3.45. The Bertz CT molecular complexity index is 755. The molecule has 1 amide bonds. The molecule has 0 spiro atoms. The third-order valence-electron chi connectivity index (χ3n) is 5.63. The summed E-state index contributed by atoms with van der Waals surface area (Å²) < 4.78 is 27.4. The van der Waals surface area contributed by atoms with E-state index in [2.05, 4.69) is 4.90 Å². The second-order valence-corrected chi connectivity index (χ2v) is 9.12. The van der Waals surface area contributed by atoms with Crippen LogP contribution in [0.2, 0.25) is 0 Å². The zero-order valence-electron chi connectivity index (χ0n) is 14.9. The summed E-state index contributed by atoms with van der Waals surface area (Å²) in [7, 11) is -3.45. The topological polar surface area (TPSA) is 83.7 Å². The summed E-state index contributed by atoms with van der Waals surface area (Å²) in [5, 5.41) is 0. The van der Waals surface area contributed by atoms with E-state index in [1.165, 1.54) is 0 Å². The Hall–Kier alpha value is -1.44. The van der Waals surface area contributed by atoms with Crippen molar-refractivity contribution in [3.05, 3.63) is 29.3 Å². The summed E-state index contributed by atoms with van der Waals surface area (Å²) in [6.07, 6.45) is 3.28. The number of rotatable bonds is 4. The molecule has 0 saturated carbocycles. The third-order valence-corrected chi connectivity index (χ3v) is 7.53. The molecule has 2 heterocycles. The van der Waals surface area contributed by atoms with Gasteiger partial charge in [-0.1, -0.05) is 6.07 Å². The predicted octanol–water partition coefficient (Wildman–Crippen LogP) is 1.41. The fraction of sp³-hybridized carbons (Fsp3) is 0.611. The highest BCUT2D eigenvalue weighted by molar-refractivity contribution is 7.89. The Kier molecular flexibility index (Phi) is 5.18. The van der Waals surface area contributed by atoms with Crippen LogP contribution in [0.15, 0.2) is 23.1 Å². The number of primary amides is 1. The number of hydrogen-bond donors (Lipinski definition) is 1. The standard InChI is InChI=1S/C18H27N3O3S/c1-13-5-6-16(12-14(13)2)25(23,24)20-10-7-15(8-11-20)21-9-3-4-17(21)18(19)22/h5-6,12,15,17H,3-4,7-11H2,1-2H3,(H2,19,22). The van der Waals surface area contributed by atoms with E-state index in [0.717, 1.165) is 43.4 Å². The molecule has 2 N–H and O–H groups in total. The lowest BCUT2D eigenvalue weighted by Gasteiger charge is -2.38. The number of hydrogen-bond acceptors (Lipinski definition) is 4. The number of likely N-dealkylation sites (tertiary alicyclic amines) is 1. The van der Waals surface area contributed by atoms with Gasteiger partial charge in [0.1, 0.15) is 0 Å². The number of piperidine rings is 1. The van der Waals surface area contributed by atoms with Gasteiger partial charge < -0.3 is 5.73 Å². The van der Waals surface area contributed by atoms with Gasteiger partial charge in [0.25, 0.3) is 0 Å². The van der Waals surface area contributed by atoms with Crippen LogP contribution in [-0.4, -0.2) is 55.2 Å². The van der Waals surface area contributed by atoms with Gasteiger partial charge in [0.05, 0.1) is 10.9 Å². The molecule has 2 fully saturated rings. The van der Waals surface area contributed by atoms with E-state index in [1.807, 2.05) is 19.9 Å². The summed E-state index contributed by atoms with van der Waals surface area (Å²) in [6, 6.07) is 5.35. The van der Waals surface area contributed by atoms with Gasteiger partial charge in [-0.25, -0.2) is 8.42 Å². The van der Waals surface area contributed by atoms with Crippen molar-refractivity contribution < 1.29 is 13.2 Å². The highest BCUT2D eigenvalue weighted by Gasteiger charge is 2.37. The van der Waals surface area contributed by atoms with Crippen molar-refractivity contribution in [2.75, 3.05) is 19.6 Å². The van der Waals surface area contributed by atoms with Gasteiger partial charge in [-0.2, -0.15) is 4.31 Å². The Morgan fingerprint density at radius 3 is 2.36 bits per heavy atom. The molecule has 1 unspecified atom stereocenters. The molecular weight excluding hydrogens is 338 g/mol. The normalized spacial score (nSPS) is 23.8. The van der Waals surface area contributed by atoms with Gasteiger partial charge in [-0.05, 0) is 69.3 Å². The van der Waals surface area contributed by atoms with Crippen molar-refractivity contribution in [1.82, 2.24) is 9.21 Å². The van der Waals surface area contributed by atoms with E-state index in [-0.39, 0.29) is 18.0 Å². The molecule has 0 aromatic heterocycles. The summed E-state index contributed by atoms with van der Waals surface area (Å²) in [5.74, 6) is -0.261. The number of carbonyl (C=O) groups is 1. The molecule has 0 aliphatic carbocycles. The Morgan fingerprint density at radius 1 is 1.08 bits per heavy atom. The summed E-state index contributed by atoms with van der Waals surface area (Å²) in [6.45, 7) is 5.76. The smallest absolute Gasteiger partial charge is 0.243 e. The second-order valence-electron chi connectivity index (χ2n) is 7.18. The zero-order valence-corrected chi connectivity index (χ0v) is 15.8. The minimum Gasteiger partial charge on any atom is -0.368 e. The predicted molar refractivity (Wildman–Crippen MR) is 96.6 cm³/mol. The number of amides is 1. The number of sulfonamides is 1. The van der Waals surface area contributed by atoms with Gasteiger partial charge in [-0.3, -0.25) is 9.69 Å². The first-order chi connectivity index (χ1) is 11.8. The molecule has 25 heavy (non-hydrogen) atoms. The largest absolute Gasteiger partial charge is 0.368 e.